The molecule has 2 rings (SSSR count). The van der Waals surface area contributed by atoms with Gasteiger partial charge in [-0.3, -0.25) is 0 Å². The first kappa shape index (κ1) is 20.9. The van der Waals surface area contributed by atoms with Crippen LogP contribution in [-0.2, 0) is 17.9 Å². The number of nitrogens with zero attached hydrogens (tertiary/aromatic N) is 1. The third-order valence-corrected chi connectivity index (χ3v) is 4.22. The van der Waals surface area contributed by atoms with E-state index in [9.17, 15) is 4.79 Å². The first-order valence-electron chi connectivity index (χ1n) is 9.48. The number of hydrogen-bond donors (Lipinski definition) is 2. The summed E-state index contributed by atoms with van der Waals surface area (Å²) in [5.41, 5.74) is 3.28. The minimum Gasteiger partial charge on any atom is -0.377 e. The molecule has 0 spiro atoms. The van der Waals surface area contributed by atoms with E-state index in [0.717, 1.165) is 36.3 Å². The average molecular weight is 370 g/mol. The highest BCUT2D eigenvalue weighted by Gasteiger charge is 2.15. The zero-order valence-corrected chi connectivity index (χ0v) is 16.6. The molecule has 0 heterocycles. The van der Waals surface area contributed by atoms with Gasteiger partial charge in [0, 0.05) is 19.7 Å². The van der Waals surface area contributed by atoms with Gasteiger partial charge >= 0.3 is 6.03 Å². The fraction of sp³-hybridized carbons (Fsp3) is 0.409. The summed E-state index contributed by atoms with van der Waals surface area (Å²) in [7, 11) is 4.00. The van der Waals surface area contributed by atoms with Gasteiger partial charge in [0.15, 0.2) is 0 Å². The molecule has 0 aliphatic heterocycles. The van der Waals surface area contributed by atoms with Crippen LogP contribution >= 0.6 is 0 Å². The van der Waals surface area contributed by atoms with E-state index in [-0.39, 0.29) is 12.1 Å². The Labute approximate surface area is 162 Å². The van der Waals surface area contributed by atoms with Gasteiger partial charge in [-0.1, -0.05) is 61.5 Å². The number of carbonyl (C=O) groups excluding carboxylic acids is 1. The van der Waals surface area contributed by atoms with Crippen molar-refractivity contribution < 1.29 is 9.53 Å². The van der Waals surface area contributed by atoms with Crippen LogP contribution in [0, 0.1) is 0 Å². The number of ether oxygens (including phenoxy) is 1. The van der Waals surface area contributed by atoms with E-state index in [1.165, 1.54) is 0 Å². The molecule has 1 unspecified atom stereocenters. The van der Waals surface area contributed by atoms with Crippen molar-refractivity contribution in [1.82, 2.24) is 15.5 Å². The minimum atomic E-state index is -0.171. The van der Waals surface area contributed by atoms with Crippen LogP contribution in [0.4, 0.5) is 4.79 Å². The molecule has 5 nitrogen and oxygen atoms in total. The molecule has 0 aliphatic rings. The summed E-state index contributed by atoms with van der Waals surface area (Å²) < 4.78 is 5.65. The normalized spacial score (nSPS) is 12.0. The molecule has 0 saturated carbocycles. The molecule has 5 heteroatoms. The highest BCUT2D eigenvalue weighted by Crippen LogP contribution is 2.14. The Balaban J connectivity index is 1.94. The summed E-state index contributed by atoms with van der Waals surface area (Å²) >= 11 is 0. The zero-order valence-electron chi connectivity index (χ0n) is 16.6. The Bertz CT molecular complexity index is 689. The zero-order chi connectivity index (χ0) is 19.5. The fourth-order valence-corrected chi connectivity index (χ4v) is 2.87. The summed E-state index contributed by atoms with van der Waals surface area (Å²) in [4.78, 5) is 14.5. The summed E-state index contributed by atoms with van der Waals surface area (Å²) in [6.07, 6.45) is 0.996. The first-order valence-corrected chi connectivity index (χ1v) is 9.48. The molecule has 2 N–H and O–H groups in total. The molecule has 2 aromatic carbocycles. The largest absolute Gasteiger partial charge is 0.377 e. The van der Waals surface area contributed by atoms with Crippen molar-refractivity contribution in [1.29, 1.82) is 0 Å². The molecular weight excluding hydrogens is 338 g/mol. The van der Waals surface area contributed by atoms with Gasteiger partial charge in [-0.05, 0) is 37.2 Å². The topological polar surface area (TPSA) is 53.6 Å². The van der Waals surface area contributed by atoms with Crippen LogP contribution in [0.25, 0.3) is 0 Å². The van der Waals surface area contributed by atoms with Crippen LogP contribution in [0.1, 0.15) is 36.1 Å². The molecule has 2 aromatic rings. The summed E-state index contributed by atoms with van der Waals surface area (Å²) in [5.74, 6) is 0. The smallest absolute Gasteiger partial charge is 0.315 e. The number of rotatable bonds is 10. The van der Waals surface area contributed by atoms with Gasteiger partial charge in [0.1, 0.15) is 0 Å². The van der Waals surface area contributed by atoms with Crippen LogP contribution in [-0.4, -0.2) is 38.2 Å². The summed E-state index contributed by atoms with van der Waals surface area (Å²) in [6.45, 7) is 4.61. The quantitative estimate of drug-likeness (QED) is 0.628. The Morgan fingerprint density at radius 2 is 1.70 bits per heavy atom. The Kier molecular flexibility index (Phi) is 8.81. The van der Waals surface area contributed by atoms with E-state index in [0.29, 0.717) is 13.2 Å². The molecule has 146 valence electrons. The average Bonchev–Trinajstić information content (AvgIpc) is 2.67. The maximum absolute atomic E-state index is 12.5. The second kappa shape index (κ2) is 11.4. The van der Waals surface area contributed by atoms with Gasteiger partial charge in [0.05, 0.1) is 12.6 Å². The molecule has 0 aliphatic carbocycles. The predicted molar refractivity (Wildman–Crippen MR) is 109 cm³/mol. The molecule has 0 radical (unpaired) electrons. The molecule has 0 saturated heterocycles. The number of urea groups is 1. The maximum Gasteiger partial charge on any atom is 0.315 e. The number of hydrogen-bond acceptors (Lipinski definition) is 3. The number of likely N-dealkylation sites (N-methyl/N-ethyl adjacent to an activating group) is 1. The first-order chi connectivity index (χ1) is 13.1. The van der Waals surface area contributed by atoms with E-state index < -0.39 is 0 Å². The lowest BCUT2D eigenvalue weighted by Gasteiger charge is -2.23. The molecule has 27 heavy (non-hydrogen) atoms. The number of amides is 2. The van der Waals surface area contributed by atoms with Crippen LogP contribution in [0.15, 0.2) is 54.6 Å². The van der Waals surface area contributed by atoms with Crippen LogP contribution < -0.4 is 10.6 Å². The standard InChI is InChI=1S/C22H31N3O2/c1-4-14-27-17-20-13-9-8-12-19(20)15-23-22(26)24-21(16-25(2)3)18-10-6-5-7-11-18/h5-13,21H,4,14-17H2,1-3H3,(H2,23,24,26). The van der Waals surface area contributed by atoms with Crippen LogP contribution in [0.5, 0.6) is 0 Å². The highest BCUT2D eigenvalue weighted by atomic mass is 16.5. The van der Waals surface area contributed by atoms with Gasteiger partial charge in [-0.2, -0.15) is 0 Å². The van der Waals surface area contributed by atoms with Crippen molar-refractivity contribution >= 4 is 6.03 Å². The molecule has 0 bridgehead atoms. The lowest BCUT2D eigenvalue weighted by atomic mass is 10.1. The number of carbonyl (C=O) groups is 1. The van der Waals surface area contributed by atoms with E-state index in [1.807, 2.05) is 68.7 Å². The van der Waals surface area contributed by atoms with Crippen molar-refractivity contribution in [3.05, 3.63) is 71.3 Å². The van der Waals surface area contributed by atoms with E-state index in [4.69, 9.17) is 4.74 Å². The molecule has 2 amide bonds. The molecule has 1 atom stereocenters. The lowest BCUT2D eigenvalue weighted by Crippen LogP contribution is -2.41. The third-order valence-electron chi connectivity index (χ3n) is 4.22. The second-order valence-electron chi connectivity index (χ2n) is 6.87. The number of benzene rings is 2. The van der Waals surface area contributed by atoms with Crippen molar-refractivity contribution in [3.8, 4) is 0 Å². The van der Waals surface area contributed by atoms with Crippen LogP contribution in [0.3, 0.4) is 0 Å². The monoisotopic (exact) mass is 369 g/mol. The van der Waals surface area contributed by atoms with E-state index >= 15 is 0 Å². The summed E-state index contributed by atoms with van der Waals surface area (Å²) in [5, 5.41) is 6.06. The van der Waals surface area contributed by atoms with E-state index in [1.54, 1.807) is 0 Å². The Hall–Kier alpha value is -2.37. The third kappa shape index (κ3) is 7.41. The Morgan fingerprint density at radius 1 is 1.04 bits per heavy atom. The fourth-order valence-electron chi connectivity index (χ4n) is 2.87. The maximum atomic E-state index is 12.5. The van der Waals surface area contributed by atoms with Crippen molar-refractivity contribution in [3.63, 3.8) is 0 Å². The van der Waals surface area contributed by atoms with Gasteiger partial charge in [0.2, 0.25) is 0 Å². The van der Waals surface area contributed by atoms with Crippen molar-refractivity contribution in [2.75, 3.05) is 27.2 Å². The van der Waals surface area contributed by atoms with Gasteiger partial charge in [-0.25, -0.2) is 4.79 Å². The number of nitrogens with one attached hydrogen (secondary N) is 2. The van der Waals surface area contributed by atoms with E-state index in [2.05, 4.69) is 22.5 Å². The minimum absolute atomic E-state index is 0.0654. The SMILES string of the molecule is CCCOCc1ccccc1CNC(=O)NC(CN(C)C)c1ccccc1. The molecule has 0 fully saturated rings. The lowest BCUT2D eigenvalue weighted by molar-refractivity contribution is 0.121. The Morgan fingerprint density at radius 3 is 2.37 bits per heavy atom. The summed E-state index contributed by atoms with van der Waals surface area (Å²) in [6, 6.07) is 17.8. The van der Waals surface area contributed by atoms with Gasteiger partial charge in [-0.15, -0.1) is 0 Å². The highest BCUT2D eigenvalue weighted by molar-refractivity contribution is 5.74. The molecular formula is C22H31N3O2. The van der Waals surface area contributed by atoms with Gasteiger partial charge < -0.3 is 20.3 Å². The predicted octanol–water partition coefficient (Wildman–Crippen LogP) is 3.72. The van der Waals surface area contributed by atoms with Crippen molar-refractivity contribution in [2.24, 2.45) is 0 Å². The van der Waals surface area contributed by atoms with Crippen molar-refractivity contribution in [2.45, 2.75) is 32.5 Å². The van der Waals surface area contributed by atoms with Crippen LogP contribution in [0.2, 0.25) is 0 Å². The second-order valence-corrected chi connectivity index (χ2v) is 6.87. The molecule has 0 aromatic heterocycles. The van der Waals surface area contributed by atoms with Gasteiger partial charge in [0.25, 0.3) is 0 Å².